The van der Waals surface area contributed by atoms with Gasteiger partial charge in [0.25, 0.3) is 5.78 Å². The third-order valence-electron chi connectivity index (χ3n) is 1.76. The van der Waals surface area contributed by atoms with E-state index in [1.807, 2.05) is 0 Å². The van der Waals surface area contributed by atoms with Gasteiger partial charge in [0, 0.05) is 0 Å². The minimum absolute atomic E-state index is 0.102. The summed E-state index contributed by atoms with van der Waals surface area (Å²) in [6.07, 6.45) is 3.51. The van der Waals surface area contributed by atoms with Crippen LogP contribution in [0, 0.1) is 17.2 Å². The summed E-state index contributed by atoms with van der Waals surface area (Å²) in [5.74, 6) is -1.53. The Kier molecular flexibility index (Phi) is 2.80. The van der Waals surface area contributed by atoms with E-state index in [2.05, 4.69) is 4.74 Å². The second kappa shape index (κ2) is 3.85. The largest absolute Gasteiger partial charge is 0.463 e. The van der Waals surface area contributed by atoms with Crippen LogP contribution in [0.5, 0.6) is 0 Å². The van der Waals surface area contributed by atoms with Gasteiger partial charge >= 0.3 is 5.97 Å². The van der Waals surface area contributed by atoms with Crippen LogP contribution in [0.1, 0.15) is 12.8 Å². The van der Waals surface area contributed by atoms with Gasteiger partial charge in [0.1, 0.15) is 11.6 Å². The number of rotatable bonds is 3. The quantitative estimate of drug-likeness (QED) is 0.275. The average molecular weight is 179 g/mol. The summed E-state index contributed by atoms with van der Waals surface area (Å²) in [5, 5.41) is 8.57. The Labute approximate surface area is 75.8 Å². The number of carbonyl (C=O) groups is 2. The van der Waals surface area contributed by atoms with E-state index < -0.39 is 11.8 Å². The average Bonchev–Trinajstić information content (AvgIpc) is 2.95. The summed E-state index contributed by atoms with van der Waals surface area (Å²) in [6, 6.07) is 1.70. The van der Waals surface area contributed by atoms with Crippen molar-refractivity contribution in [2.75, 3.05) is 7.11 Å². The van der Waals surface area contributed by atoms with Crippen LogP contribution in [0.4, 0.5) is 0 Å². The molecule has 0 unspecified atom stereocenters. The van der Waals surface area contributed by atoms with Crippen LogP contribution in [0.3, 0.4) is 0 Å². The van der Waals surface area contributed by atoms with Crippen LogP contribution in [0.2, 0.25) is 0 Å². The van der Waals surface area contributed by atoms with Crippen LogP contribution in [0.15, 0.2) is 11.6 Å². The van der Waals surface area contributed by atoms with Gasteiger partial charge in [-0.05, 0) is 18.8 Å². The second-order valence-electron chi connectivity index (χ2n) is 2.85. The number of Topliss-reactive ketones (excluding diaryl/α,β-unsaturated/α-hetero) is 1. The highest BCUT2D eigenvalue weighted by molar-refractivity contribution is 6.41. The molecular weight excluding hydrogens is 170 g/mol. The molecule has 1 aliphatic rings. The molecule has 68 valence electrons. The van der Waals surface area contributed by atoms with E-state index in [0.717, 1.165) is 20.0 Å². The predicted molar refractivity (Wildman–Crippen MR) is 43.4 cm³/mol. The zero-order chi connectivity index (χ0) is 9.84. The Morgan fingerprint density at radius 3 is 2.54 bits per heavy atom. The first kappa shape index (κ1) is 9.46. The number of carbonyl (C=O) groups excluding carboxylic acids is 2. The molecule has 0 radical (unpaired) electrons. The number of ether oxygens (including phenoxy) is 1. The molecule has 0 bridgehead atoms. The molecular formula is C9H9NO3. The van der Waals surface area contributed by atoms with E-state index in [0.29, 0.717) is 5.92 Å². The zero-order valence-electron chi connectivity index (χ0n) is 7.24. The van der Waals surface area contributed by atoms with Crippen LogP contribution in [-0.4, -0.2) is 18.9 Å². The highest BCUT2D eigenvalue weighted by Gasteiger charge is 2.25. The van der Waals surface area contributed by atoms with Gasteiger partial charge in [-0.25, -0.2) is 4.79 Å². The maximum Gasteiger partial charge on any atom is 0.380 e. The van der Waals surface area contributed by atoms with Gasteiger partial charge in [0.2, 0.25) is 0 Å². The monoisotopic (exact) mass is 179 g/mol. The van der Waals surface area contributed by atoms with Crippen LogP contribution in [-0.2, 0) is 14.3 Å². The summed E-state index contributed by atoms with van der Waals surface area (Å²) in [6.45, 7) is 0. The molecule has 13 heavy (non-hydrogen) atoms. The molecule has 0 saturated heterocycles. The van der Waals surface area contributed by atoms with Gasteiger partial charge in [-0.15, -0.1) is 0 Å². The highest BCUT2D eigenvalue weighted by Crippen LogP contribution is 2.31. The normalized spacial score (nSPS) is 16.2. The van der Waals surface area contributed by atoms with Gasteiger partial charge < -0.3 is 4.74 Å². The van der Waals surface area contributed by atoms with Crippen molar-refractivity contribution >= 4 is 11.8 Å². The number of nitriles is 1. The molecule has 0 amide bonds. The first-order valence-electron chi connectivity index (χ1n) is 3.93. The number of nitrogens with zero attached hydrogens (tertiary/aromatic N) is 1. The van der Waals surface area contributed by atoms with E-state index in [-0.39, 0.29) is 5.57 Å². The van der Waals surface area contributed by atoms with Gasteiger partial charge in [-0.3, -0.25) is 4.79 Å². The van der Waals surface area contributed by atoms with Crippen molar-refractivity contribution in [2.24, 2.45) is 5.92 Å². The molecule has 4 nitrogen and oxygen atoms in total. The van der Waals surface area contributed by atoms with Crippen molar-refractivity contribution in [3.8, 4) is 6.07 Å². The lowest BCUT2D eigenvalue weighted by Gasteiger charge is -1.95. The molecule has 0 aromatic rings. The summed E-state index contributed by atoms with van der Waals surface area (Å²) in [7, 11) is 1.12. The molecule has 1 rings (SSSR count). The third-order valence-corrected chi connectivity index (χ3v) is 1.76. The van der Waals surface area contributed by atoms with E-state index in [4.69, 9.17) is 5.26 Å². The predicted octanol–water partition coefficient (Wildman–Crippen LogP) is 0.588. The molecule has 0 N–H and O–H groups in total. The van der Waals surface area contributed by atoms with Crippen molar-refractivity contribution < 1.29 is 14.3 Å². The van der Waals surface area contributed by atoms with E-state index in [1.54, 1.807) is 12.1 Å². The molecule has 1 saturated carbocycles. The summed E-state index contributed by atoms with van der Waals surface area (Å²) in [5.41, 5.74) is -0.102. The Hall–Kier alpha value is -1.63. The number of methoxy groups -OCH3 is 1. The molecule has 1 fully saturated rings. The fraction of sp³-hybridized carbons (Fsp3) is 0.444. The molecule has 0 aromatic heterocycles. The van der Waals surface area contributed by atoms with Crippen LogP contribution < -0.4 is 0 Å². The van der Waals surface area contributed by atoms with Crippen molar-refractivity contribution in [1.82, 2.24) is 0 Å². The number of esters is 1. The van der Waals surface area contributed by atoms with Crippen LogP contribution >= 0.6 is 0 Å². The lowest BCUT2D eigenvalue weighted by Crippen LogP contribution is -2.17. The van der Waals surface area contributed by atoms with Gasteiger partial charge in [-0.2, -0.15) is 5.26 Å². The maximum atomic E-state index is 11.1. The van der Waals surface area contributed by atoms with Gasteiger partial charge in [-0.1, -0.05) is 6.08 Å². The molecule has 0 heterocycles. The molecule has 1 aliphatic carbocycles. The SMILES string of the molecule is COC(=O)C(=O)/C(C#N)=C/C1CC1. The molecule has 4 heteroatoms. The minimum Gasteiger partial charge on any atom is -0.463 e. The first-order chi connectivity index (χ1) is 6.19. The number of ketones is 1. The maximum absolute atomic E-state index is 11.1. The smallest absolute Gasteiger partial charge is 0.380 e. The number of allylic oxidation sites excluding steroid dienone is 1. The van der Waals surface area contributed by atoms with Crippen molar-refractivity contribution in [2.45, 2.75) is 12.8 Å². The zero-order valence-corrected chi connectivity index (χ0v) is 7.24. The molecule has 0 atom stereocenters. The third kappa shape index (κ3) is 2.41. The summed E-state index contributed by atoms with van der Waals surface area (Å²) in [4.78, 5) is 21.9. The molecule has 0 aliphatic heterocycles. The second-order valence-corrected chi connectivity index (χ2v) is 2.85. The lowest BCUT2D eigenvalue weighted by atomic mass is 10.1. The van der Waals surface area contributed by atoms with Crippen molar-refractivity contribution in [3.63, 3.8) is 0 Å². The Balaban J connectivity index is 2.72. The first-order valence-corrected chi connectivity index (χ1v) is 3.93. The van der Waals surface area contributed by atoms with Crippen LogP contribution in [0.25, 0.3) is 0 Å². The standard InChI is InChI=1S/C9H9NO3/c1-13-9(12)8(11)7(5-10)4-6-2-3-6/h4,6H,2-3H2,1H3/b7-4+. The Bertz CT molecular complexity index is 307. The van der Waals surface area contributed by atoms with Crippen molar-refractivity contribution in [1.29, 1.82) is 5.26 Å². The summed E-state index contributed by atoms with van der Waals surface area (Å²) >= 11 is 0. The van der Waals surface area contributed by atoms with Gasteiger partial charge in [0.15, 0.2) is 0 Å². The lowest BCUT2D eigenvalue weighted by molar-refractivity contribution is -0.149. The van der Waals surface area contributed by atoms with Crippen molar-refractivity contribution in [3.05, 3.63) is 11.6 Å². The van der Waals surface area contributed by atoms with E-state index in [9.17, 15) is 9.59 Å². The Morgan fingerprint density at radius 1 is 1.54 bits per heavy atom. The fourth-order valence-electron chi connectivity index (χ4n) is 0.865. The summed E-state index contributed by atoms with van der Waals surface area (Å²) < 4.78 is 4.22. The minimum atomic E-state index is -0.978. The molecule has 0 aromatic carbocycles. The fourth-order valence-corrected chi connectivity index (χ4v) is 0.865. The Morgan fingerprint density at radius 2 is 2.15 bits per heavy atom. The van der Waals surface area contributed by atoms with E-state index in [1.165, 1.54) is 0 Å². The van der Waals surface area contributed by atoms with Gasteiger partial charge in [0.05, 0.1) is 7.11 Å². The number of hydrogen-bond acceptors (Lipinski definition) is 4. The molecule has 0 spiro atoms. The van der Waals surface area contributed by atoms with E-state index >= 15 is 0 Å². The number of hydrogen-bond donors (Lipinski definition) is 0. The highest BCUT2D eigenvalue weighted by atomic mass is 16.5. The topological polar surface area (TPSA) is 67.2 Å².